The fraction of sp³-hybridized carbons (Fsp3) is 0.539. The van der Waals surface area contributed by atoms with Gasteiger partial charge in [0.05, 0.1) is 37.2 Å². The van der Waals surface area contributed by atoms with E-state index in [4.69, 9.17) is 34.1 Å². The van der Waals surface area contributed by atoms with Crippen LogP contribution in [0.2, 0.25) is 0 Å². The van der Waals surface area contributed by atoms with Crippen LogP contribution in [-0.4, -0.2) is 276 Å². The number of carbonyl (C=O) groups excluding carboxylic acids is 15. The van der Waals surface area contributed by atoms with Crippen molar-refractivity contribution in [3.05, 3.63) is 126 Å². The zero-order valence-electron chi connectivity index (χ0n) is 76.2. The van der Waals surface area contributed by atoms with Gasteiger partial charge in [-0.25, -0.2) is 9.78 Å². The van der Waals surface area contributed by atoms with Crippen molar-refractivity contribution in [3.63, 3.8) is 0 Å². The highest BCUT2D eigenvalue weighted by Crippen LogP contribution is 2.24. The Morgan fingerprint density at radius 1 is 0.507 bits per heavy atom. The summed E-state index contributed by atoms with van der Waals surface area (Å²) in [6.45, 7) is 8.32. The van der Waals surface area contributed by atoms with E-state index in [0.717, 1.165) is 17.8 Å². The van der Waals surface area contributed by atoms with Gasteiger partial charge in [-0.15, -0.1) is 0 Å². The van der Waals surface area contributed by atoms with Gasteiger partial charge in [0.1, 0.15) is 84.6 Å². The van der Waals surface area contributed by atoms with Crippen molar-refractivity contribution in [1.82, 2.24) is 94.3 Å². The second kappa shape index (κ2) is 55.7. The number of carbonyl (C=O) groups is 17. The standard InChI is InChI=1S/C89H132N24O21/c1-7-49(4)72(85(130)110-68(46-114)83(128)112-73(51(6)115)86(131)109-64(40-53-24-12-9-13-25-53)78(123)103-61(88(133)134)29-17-19-35-91)111-76(121)59(30-20-36-97-89(94)95)101-81(126)66(42-55-45-96-47-99-55)106-82(127)67(43-71(117)118)107-75(120)58(28-16-18-34-90)100-77(122)62(38-48(2)3)105-79(124)63(39-52-22-10-8-11-23-52)108-84(129)69-31-21-37-113(69)87(132)60(32-33-70(93)116)102-80(125)65(104-74(119)50(5)92)41-54-44-98-57-27-15-14-26-56(54)57/h8-15,22-27,44-45,47-51,58-69,72-73,98,114-115H,7,16-21,28-43,46,90-92H2,1-6H3,(H2,93,116)(H,96,99)(H,100,122)(H,101,126)(H,102,125)(H,103,123)(H,104,119)(H,105,124)(H,106,127)(H,107,120)(H,108,129)(H,109,131)(H,110,130)(H,111,121)(H,112,128)(H,117,118)(H,133,134)(H4,94,95,97)/t49-,50-,51+,58-,59-,60-,61-,62-,63-,64-,65-,66-,67-,68-,69-,72-,73-/m0/s1. The number of likely N-dealkylation sites (tertiary alicyclic amines) is 1. The first-order chi connectivity index (χ1) is 63.7. The molecule has 3 aromatic carbocycles. The number of aliphatic hydroxyl groups excluding tert-OH is 2. The molecule has 0 aliphatic carbocycles. The number of carboxylic acid groups (broad SMARTS) is 2. The summed E-state index contributed by atoms with van der Waals surface area (Å²) in [4.78, 5) is 252. The van der Waals surface area contributed by atoms with E-state index in [0.29, 0.717) is 29.5 Å². The molecule has 134 heavy (non-hydrogen) atoms. The van der Waals surface area contributed by atoms with Crippen molar-refractivity contribution in [2.24, 2.45) is 40.5 Å². The number of carboxylic acids is 2. The number of unbranched alkanes of at least 4 members (excludes halogenated alkanes) is 2. The van der Waals surface area contributed by atoms with Crippen molar-refractivity contribution in [1.29, 1.82) is 5.41 Å². The van der Waals surface area contributed by atoms with Gasteiger partial charge < -0.3 is 138 Å². The minimum atomic E-state index is -2.05. The van der Waals surface area contributed by atoms with Crippen LogP contribution in [0.3, 0.4) is 0 Å². The normalized spacial score (nSPS) is 16.0. The van der Waals surface area contributed by atoms with Crippen molar-refractivity contribution >= 4 is 117 Å². The average molecular weight is 1870 g/mol. The highest BCUT2D eigenvalue weighted by atomic mass is 16.4. The first-order valence-corrected chi connectivity index (χ1v) is 44.9. The van der Waals surface area contributed by atoms with Gasteiger partial charge in [-0.05, 0) is 139 Å². The molecule has 5 aromatic rings. The molecule has 1 aliphatic heterocycles. The molecule has 3 heterocycles. The lowest BCUT2D eigenvalue weighted by Gasteiger charge is -2.31. The minimum Gasteiger partial charge on any atom is -0.481 e. The number of nitrogens with zero attached hydrogens (tertiary/aromatic N) is 2. The number of aliphatic carboxylic acids is 2. The number of amides is 15. The molecule has 15 amide bonds. The van der Waals surface area contributed by atoms with E-state index < -0.39 is 235 Å². The van der Waals surface area contributed by atoms with E-state index in [-0.39, 0.29) is 128 Å². The highest BCUT2D eigenvalue weighted by molar-refractivity contribution is 6.02. The fourth-order valence-electron chi connectivity index (χ4n) is 14.9. The molecule has 45 nitrogen and oxygen atoms in total. The third-order valence-corrected chi connectivity index (χ3v) is 22.5. The number of fused-ring (bicyclic) bond motifs is 1. The number of para-hydroxylation sites is 1. The Morgan fingerprint density at radius 2 is 0.970 bits per heavy atom. The van der Waals surface area contributed by atoms with Gasteiger partial charge in [-0.2, -0.15) is 0 Å². The number of nitrogens with one attached hydrogen (secondary N) is 17. The molecule has 1 fully saturated rings. The molecule has 734 valence electrons. The number of benzene rings is 3. The molecule has 0 saturated carbocycles. The largest absolute Gasteiger partial charge is 0.481 e. The van der Waals surface area contributed by atoms with Crippen molar-refractivity contribution in [2.75, 3.05) is 32.8 Å². The summed E-state index contributed by atoms with van der Waals surface area (Å²) in [6, 6.07) is 0.546. The molecular formula is C89H132N24O21. The Balaban J connectivity index is 1.21. The summed E-state index contributed by atoms with van der Waals surface area (Å²) in [6.07, 6.45) is 0.861. The van der Waals surface area contributed by atoms with Crippen LogP contribution in [0.15, 0.2) is 104 Å². The maximum Gasteiger partial charge on any atom is 0.326 e. The number of hydrogen-bond donors (Lipinski definition) is 26. The number of H-pyrrole nitrogens is 2. The lowest BCUT2D eigenvalue weighted by Crippen LogP contribution is -2.63. The number of aromatic amines is 2. The van der Waals surface area contributed by atoms with E-state index >= 15 is 4.79 Å². The number of nitrogens with two attached hydrogens (primary N) is 5. The second-order valence-electron chi connectivity index (χ2n) is 33.8. The van der Waals surface area contributed by atoms with Gasteiger partial charge in [-0.1, -0.05) is 113 Å². The second-order valence-corrected chi connectivity index (χ2v) is 33.8. The molecule has 1 saturated heterocycles. The van der Waals surface area contributed by atoms with E-state index in [1.165, 1.54) is 31.3 Å². The van der Waals surface area contributed by atoms with Gasteiger partial charge >= 0.3 is 11.9 Å². The minimum absolute atomic E-state index is 0.00206. The van der Waals surface area contributed by atoms with Crippen LogP contribution in [0.1, 0.15) is 160 Å². The molecule has 2 aromatic heterocycles. The van der Waals surface area contributed by atoms with Crippen molar-refractivity contribution in [3.8, 4) is 0 Å². The van der Waals surface area contributed by atoms with E-state index in [1.807, 2.05) is 18.2 Å². The van der Waals surface area contributed by atoms with Crippen LogP contribution in [0.5, 0.6) is 0 Å². The molecule has 17 atom stereocenters. The van der Waals surface area contributed by atoms with Gasteiger partial charge in [-0.3, -0.25) is 82.1 Å². The van der Waals surface area contributed by atoms with Gasteiger partial charge in [0.25, 0.3) is 0 Å². The molecule has 31 N–H and O–H groups in total. The van der Waals surface area contributed by atoms with Crippen LogP contribution in [0, 0.1) is 17.2 Å². The number of imidazole rings is 1. The summed E-state index contributed by atoms with van der Waals surface area (Å²) < 4.78 is 0. The van der Waals surface area contributed by atoms with Crippen LogP contribution in [0.25, 0.3) is 10.9 Å². The number of aromatic nitrogens is 3. The topological polar surface area (TPSA) is 741 Å². The van der Waals surface area contributed by atoms with Crippen molar-refractivity contribution in [2.45, 2.75) is 260 Å². The smallest absolute Gasteiger partial charge is 0.326 e. The zero-order valence-corrected chi connectivity index (χ0v) is 76.2. The summed E-state index contributed by atoms with van der Waals surface area (Å²) >= 11 is 0. The number of guanidine groups is 1. The summed E-state index contributed by atoms with van der Waals surface area (Å²) in [5.74, 6) is -19.4. The highest BCUT2D eigenvalue weighted by Gasteiger charge is 2.43. The SMILES string of the molecule is CC[C@H](C)[C@H](NC(=O)[C@H](CCCNC(=N)N)NC(=O)[C@H](Cc1c[nH]cn1)NC(=O)[C@H](CC(=O)O)NC(=O)[C@H](CCCCN)NC(=O)[C@H](CC(C)C)NC(=O)[C@H](Cc1ccccc1)NC(=O)[C@@H]1CCCN1C(=O)[C@H](CCC(N)=O)NC(=O)[C@H](Cc1c[nH]c2ccccc12)NC(=O)[C@H](C)N)C(=O)N[C@@H](CO)C(=O)N[C@H](C(=O)N[C@@H](Cc1ccccc1)C(=O)N[C@@H](CCCCN)C(=O)O)[C@@H](C)O. The molecule has 45 heteroatoms. The van der Waals surface area contributed by atoms with Crippen LogP contribution in [0.4, 0.5) is 0 Å². The predicted molar refractivity (Wildman–Crippen MR) is 489 cm³/mol. The number of hydrogen-bond acceptors (Lipinski definition) is 24. The van der Waals surface area contributed by atoms with Gasteiger partial charge in [0.2, 0.25) is 88.6 Å². The van der Waals surface area contributed by atoms with Gasteiger partial charge in [0.15, 0.2) is 5.96 Å². The number of primary amides is 1. The summed E-state index contributed by atoms with van der Waals surface area (Å²) in [5.41, 5.74) is 31.1. The van der Waals surface area contributed by atoms with Crippen LogP contribution < -0.4 is 103 Å². The first kappa shape index (κ1) is 109. The molecule has 0 bridgehead atoms. The Hall–Kier alpha value is -13.5. The first-order valence-electron chi connectivity index (χ1n) is 44.9. The summed E-state index contributed by atoms with van der Waals surface area (Å²) in [5, 5.41) is 86.0. The van der Waals surface area contributed by atoms with E-state index in [9.17, 15) is 97.1 Å². The van der Waals surface area contributed by atoms with Crippen molar-refractivity contribution < 1.29 is 102 Å². The maximum absolute atomic E-state index is 15.0. The Morgan fingerprint density at radius 3 is 1.51 bits per heavy atom. The van der Waals surface area contributed by atoms with E-state index in [1.54, 1.807) is 93.7 Å². The monoisotopic (exact) mass is 1870 g/mol. The molecule has 0 unspecified atom stereocenters. The van der Waals surface area contributed by atoms with Crippen LogP contribution in [-0.2, 0) is 107 Å². The zero-order chi connectivity index (χ0) is 98.8. The Kier molecular flexibility index (Phi) is 45.4. The molecular weight excluding hydrogens is 1740 g/mol. The Bertz CT molecular complexity index is 4770. The lowest BCUT2D eigenvalue weighted by molar-refractivity contribution is -0.143. The third-order valence-electron chi connectivity index (χ3n) is 22.5. The quantitative estimate of drug-likeness (QED) is 0.00993. The lowest BCUT2D eigenvalue weighted by atomic mass is 9.97. The third kappa shape index (κ3) is 35.9. The van der Waals surface area contributed by atoms with Crippen LogP contribution >= 0.6 is 0 Å². The molecule has 1 aliphatic rings. The molecule has 0 radical (unpaired) electrons. The number of rotatable bonds is 59. The van der Waals surface area contributed by atoms with Gasteiger partial charge in [0, 0.05) is 68.5 Å². The molecule has 0 spiro atoms. The fourth-order valence-corrected chi connectivity index (χ4v) is 14.9. The summed E-state index contributed by atoms with van der Waals surface area (Å²) in [7, 11) is 0. The molecule has 6 rings (SSSR count). The number of aliphatic hydroxyl groups is 2. The predicted octanol–water partition coefficient (Wildman–Crippen LogP) is -4.39. The average Bonchev–Trinajstić information content (AvgIpc) is 1.66. The Labute approximate surface area is 775 Å². The maximum atomic E-state index is 15.0. The van der Waals surface area contributed by atoms with E-state index in [2.05, 4.69) is 89.4 Å².